The number of hydrogen-bond acceptors (Lipinski definition) is 2. The SMILES string of the molecule is CC(C)CCC(C)NCc1cccc2c1NCCC2. The first-order valence-electron chi connectivity index (χ1n) is 7.75. The molecule has 106 valence electrons. The Hall–Kier alpha value is -1.02. The lowest BCUT2D eigenvalue weighted by Crippen LogP contribution is -2.27. The lowest BCUT2D eigenvalue weighted by atomic mass is 9.99. The van der Waals surface area contributed by atoms with E-state index >= 15 is 0 Å². The zero-order valence-electron chi connectivity index (χ0n) is 12.6. The summed E-state index contributed by atoms with van der Waals surface area (Å²) in [6, 6.07) is 7.30. The smallest absolute Gasteiger partial charge is 0.0418 e. The molecule has 1 unspecified atom stereocenters. The van der Waals surface area contributed by atoms with Crippen LogP contribution in [0.4, 0.5) is 5.69 Å². The molecule has 2 nitrogen and oxygen atoms in total. The largest absolute Gasteiger partial charge is 0.385 e. The topological polar surface area (TPSA) is 24.1 Å². The Balaban J connectivity index is 1.89. The van der Waals surface area contributed by atoms with Gasteiger partial charge in [-0.05, 0) is 49.7 Å². The van der Waals surface area contributed by atoms with Gasteiger partial charge in [-0.15, -0.1) is 0 Å². The van der Waals surface area contributed by atoms with Gasteiger partial charge in [-0.25, -0.2) is 0 Å². The average molecular weight is 260 g/mol. The Morgan fingerprint density at radius 3 is 2.84 bits per heavy atom. The van der Waals surface area contributed by atoms with Crippen LogP contribution in [0.15, 0.2) is 18.2 Å². The van der Waals surface area contributed by atoms with Gasteiger partial charge in [0.1, 0.15) is 0 Å². The van der Waals surface area contributed by atoms with Crippen molar-refractivity contribution in [3.63, 3.8) is 0 Å². The Kier molecular flexibility index (Phi) is 5.26. The highest BCUT2D eigenvalue weighted by Gasteiger charge is 2.12. The van der Waals surface area contributed by atoms with E-state index in [9.17, 15) is 0 Å². The number of rotatable bonds is 6. The average Bonchev–Trinajstić information content (AvgIpc) is 2.42. The van der Waals surface area contributed by atoms with Crippen LogP contribution in [0, 0.1) is 5.92 Å². The molecule has 19 heavy (non-hydrogen) atoms. The molecular weight excluding hydrogens is 232 g/mol. The van der Waals surface area contributed by atoms with Gasteiger partial charge in [-0.3, -0.25) is 0 Å². The fraction of sp³-hybridized carbons (Fsp3) is 0.647. The van der Waals surface area contributed by atoms with Crippen LogP contribution in [0.25, 0.3) is 0 Å². The first kappa shape index (κ1) is 14.4. The highest BCUT2D eigenvalue weighted by Crippen LogP contribution is 2.26. The first-order chi connectivity index (χ1) is 9.16. The number of para-hydroxylation sites is 1. The van der Waals surface area contributed by atoms with Gasteiger partial charge in [0.2, 0.25) is 0 Å². The third-order valence-electron chi connectivity index (χ3n) is 3.98. The normalized spacial score (nSPS) is 16.0. The van der Waals surface area contributed by atoms with Crippen molar-refractivity contribution < 1.29 is 0 Å². The highest BCUT2D eigenvalue weighted by molar-refractivity contribution is 5.59. The van der Waals surface area contributed by atoms with Crippen molar-refractivity contribution >= 4 is 5.69 Å². The lowest BCUT2D eigenvalue weighted by molar-refractivity contribution is 0.451. The second-order valence-corrected chi connectivity index (χ2v) is 6.23. The summed E-state index contributed by atoms with van der Waals surface area (Å²) in [5.74, 6) is 0.801. The maximum Gasteiger partial charge on any atom is 0.0418 e. The van der Waals surface area contributed by atoms with E-state index in [1.807, 2.05) is 0 Å². The van der Waals surface area contributed by atoms with Crippen molar-refractivity contribution in [2.24, 2.45) is 5.92 Å². The van der Waals surface area contributed by atoms with E-state index in [0.29, 0.717) is 6.04 Å². The fourth-order valence-electron chi connectivity index (χ4n) is 2.70. The van der Waals surface area contributed by atoms with Gasteiger partial charge in [0.15, 0.2) is 0 Å². The van der Waals surface area contributed by atoms with Crippen molar-refractivity contribution in [1.82, 2.24) is 5.32 Å². The van der Waals surface area contributed by atoms with Crippen molar-refractivity contribution in [3.05, 3.63) is 29.3 Å². The molecule has 2 rings (SSSR count). The third kappa shape index (κ3) is 4.24. The second-order valence-electron chi connectivity index (χ2n) is 6.23. The zero-order valence-corrected chi connectivity index (χ0v) is 12.6. The van der Waals surface area contributed by atoms with Crippen LogP contribution in [0.1, 0.15) is 51.2 Å². The second kappa shape index (κ2) is 6.95. The minimum atomic E-state index is 0.599. The monoisotopic (exact) mass is 260 g/mol. The lowest BCUT2D eigenvalue weighted by Gasteiger charge is -2.22. The quantitative estimate of drug-likeness (QED) is 0.809. The van der Waals surface area contributed by atoms with Crippen LogP contribution in [0.5, 0.6) is 0 Å². The molecule has 2 N–H and O–H groups in total. The van der Waals surface area contributed by atoms with Gasteiger partial charge < -0.3 is 10.6 Å². The van der Waals surface area contributed by atoms with E-state index in [0.717, 1.165) is 19.0 Å². The minimum Gasteiger partial charge on any atom is -0.385 e. The Labute approximate surface area is 118 Å². The van der Waals surface area contributed by atoms with E-state index in [-0.39, 0.29) is 0 Å². The molecule has 1 aliphatic rings. The van der Waals surface area contributed by atoms with Gasteiger partial charge >= 0.3 is 0 Å². The number of hydrogen-bond donors (Lipinski definition) is 2. The third-order valence-corrected chi connectivity index (χ3v) is 3.98. The molecule has 0 aromatic heterocycles. The standard InChI is InChI=1S/C17H28N2/c1-13(2)9-10-14(3)19-12-16-7-4-6-15-8-5-11-18-17(15)16/h4,6-7,13-14,18-19H,5,8-12H2,1-3H3. The van der Waals surface area contributed by atoms with Gasteiger partial charge in [0.05, 0.1) is 0 Å². The van der Waals surface area contributed by atoms with Gasteiger partial charge in [-0.1, -0.05) is 32.0 Å². The maximum atomic E-state index is 3.66. The van der Waals surface area contributed by atoms with Crippen LogP contribution in [0.2, 0.25) is 0 Å². The summed E-state index contributed by atoms with van der Waals surface area (Å²) in [6.45, 7) is 8.99. The predicted molar refractivity (Wildman–Crippen MR) is 83.6 cm³/mol. The summed E-state index contributed by atoms with van der Waals surface area (Å²) in [5.41, 5.74) is 4.30. The van der Waals surface area contributed by atoms with Crippen molar-refractivity contribution in [3.8, 4) is 0 Å². The summed E-state index contributed by atoms with van der Waals surface area (Å²) < 4.78 is 0. The van der Waals surface area contributed by atoms with Crippen molar-refractivity contribution in [1.29, 1.82) is 0 Å². The van der Waals surface area contributed by atoms with Gasteiger partial charge in [0, 0.05) is 24.8 Å². The summed E-state index contributed by atoms with van der Waals surface area (Å²) in [5, 5.41) is 7.23. The minimum absolute atomic E-state index is 0.599. The van der Waals surface area contributed by atoms with Crippen molar-refractivity contribution in [2.45, 2.75) is 59.0 Å². The number of benzene rings is 1. The molecular formula is C17H28N2. The van der Waals surface area contributed by atoms with Gasteiger partial charge in [0.25, 0.3) is 0 Å². The Bertz CT molecular complexity index is 398. The molecule has 0 amide bonds. The molecule has 1 aromatic rings. The van der Waals surface area contributed by atoms with E-state index in [4.69, 9.17) is 0 Å². The number of fused-ring (bicyclic) bond motifs is 1. The van der Waals surface area contributed by atoms with E-state index in [1.54, 1.807) is 0 Å². The molecule has 1 atom stereocenters. The Morgan fingerprint density at radius 2 is 2.05 bits per heavy atom. The molecule has 0 spiro atoms. The molecule has 0 bridgehead atoms. The van der Waals surface area contributed by atoms with Crippen LogP contribution in [-0.2, 0) is 13.0 Å². The molecule has 0 saturated carbocycles. The molecule has 0 saturated heterocycles. The summed E-state index contributed by atoms with van der Waals surface area (Å²) in [4.78, 5) is 0. The molecule has 1 heterocycles. The van der Waals surface area contributed by atoms with E-state index < -0.39 is 0 Å². The summed E-state index contributed by atoms with van der Waals surface area (Å²) in [6.07, 6.45) is 5.05. The molecule has 1 aliphatic heterocycles. The number of anilines is 1. The van der Waals surface area contributed by atoms with Crippen molar-refractivity contribution in [2.75, 3.05) is 11.9 Å². The number of nitrogens with one attached hydrogen (secondary N) is 2. The highest BCUT2D eigenvalue weighted by atomic mass is 14.9. The summed E-state index contributed by atoms with van der Waals surface area (Å²) >= 11 is 0. The number of aryl methyl sites for hydroxylation is 1. The zero-order chi connectivity index (χ0) is 13.7. The fourth-order valence-corrected chi connectivity index (χ4v) is 2.70. The maximum absolute atomic E-state index is 3.66. The predicted octanol–water partition coefficient (Wildman–Crippen LogP) is 3.96. The molecule has 0 aliphatic carbocycles. The van der Waals surface area contributed by atoms with E-state index in [1.165, 1.54) is 42.5 Å². The summed E-state index contributed by atoms with van der Waals surface area (Å²) in [7, 11) is 0. The van der Waals surface area contributed by atoms with E-state index in [2.05, 4.69) is 49.6 Å². The van der Waals surface area contributed by atoms with Crippen LogP contribution in [0.3, 0.4) is 0 Å². The molecule has 0 fully saturated rings. The van der Waals surface area contributed by atoms with Gasteiger partial charge in [-0.2, -0.15) is 0 Å². The Morgan fingerprint density at radius 1 is 1.21 bits per heavy atom. The van der Waals surface area contributed by atoms with Crippen LogP contribution >= 0.6 is 0 Å². The van der Waals surface area contributed by atoms with Crippen LogP contribution in [-0.4, -0.2) is 12.6 Å². The molecule has 1 aromatic carbocycles. The molecule has 2 heteroatoms. The first-order valence-corrected chi connectivity index (χ1v) is 7.75. The van der Waals surface area contributed by atoms with Crippen LogP contribution < -0.4 is 10.6 Å². The molecule has 0 radical (unpaired) electrons.